The highest BCUT2D eigenvalue weighted by Crippen LogP contribution is 2.41. The van der Waals surface area contributed by atoms with Crippen molar-refractivity contribution in [3.05, 3.63) is 69.0 Å². The van der Waals surface area contributed by atoms with Gasteiger partial charge in [0.05, 0.1) is 6.10 Å². The average molecular weight is 319 g/mol. The van der Waals surface area contributed by atoms with Gasteiger partial charge >= 0.3 is 5.69 Å². The van der Waals surface area contributed by atoms with Crippen molar-refractivity contribution in [1.29, 1.82) is 0 Å². The van der Waals surface area contributed by atoms with E-state index in [1.807, 2.05) is 6.07 Å². The molecular formula is C16H16FN2O4. The number of hydrogen-bond acceptors (Lipinski definition) is 4. The second kappa shape index (κ2) is 5.75. The van der Waals surface area contributed by atoms with Crippen LogP contribution in [0.5, 0.6) is 0 Å². The number of alkyl halides is 1. The van der Waals surface area contributed by atoms with Crippen molar-refractivity contribution >= 4 is 0 Å². The van der Waals surface area contributed by atoms with Gasteiger partial charge in [0.25, 0.3) is 5.56 Å². The van der Waals surface area contributed by atoms with Crippen molar-refractivity contribution in [2.45, 2.75) is 37.4 Å². The van der Waals surface area contributed by atoms with Crippen molar-refractivity contribution in [3.8, 4) is 0 Å². The zero-order valence-corrected chi connectivity index (χ0v) is 12.4. The quantitative estimate of drug-likeness (QED) is 0.866. The summed E-state index contributed by atoms with van der Waals surface area (Å²) >= 11 is 0. The van der Waals surface area contributed by atoms with Crippen LogP contribution in [0.25, 0.3) is 0 Å². The molecule has 0 aliphatic carbocycles. The van der Waals surface area contributed by atoms with Gasteiger partial charge in [-0.25, -0.2) is 9.18 Å². The molecule has 23 heavy (non-hydrogen) atoms. The van der Waals surface area contributed by atoms with E-state index in [4.69, 9.17) is 4.74 Å². The Balaban J connectivity index is 1.91. The summed E-state index contributed by atoms with van der Waals surface area (Å²) in [7, 11) is 0. The minimum Gasteiger partial charge on any atom is -0.387 e. The topological polar surface area (TPSA) is 84.3 Å². The number of aliphatic hydroxyl groups excluding tert-OH is 1. The van der Waals surface area contributed by atoms with Gasteiger partial charge in [0.15, 0.2) is 11.9 Å². The highest BCUT2D eigenvalue weighted by atomic mass is 19.1. The lowest BCUT2D eigenvalue weighted by Crippen LogP contribution is -2.43. The molecule has 0 amide bonds. The van der Waals surface area contributed by atoms with Crippen molar-refractivity contribution in [3.63, 3.8) is 0 Å². The minimum absolute atomic E-state index is 0.260. The molecule has 1 aliphatic rings. The number of rotatable bonds is 3. The number of benzene rings is 1. The van der Waals surface area contributed by atoms with Gasteiger partial charge in [0, 0.05) is 18.7 Å². The molecule has 3 rings (SSSR count). The summed E-state index contributed by atoms with van der Waals surface area (Å²) in [5.41, 5.74) is -2.78. The van der Waals surface area contributed by atoms with E-state index < -0.39 is 35.4 Å². The van der Waals surface area contributed by atoms with Gasteiger partial charge in [0.2, 0.25) is 0 Å². The zero-order valence-electron chi connectivity index (χ0n) is 12.4. The molecule has 0 unspecified atom stereocenters. The lowest BCUT2D eigenvalue weighted by atomic mass is 9.95. The largest absolute Gasteiger partial charge is 0.387 e. The van der Waals surface area contributed by atoms with E-state index in [1.54, 1.807) is 18.2 Å². The van der Waals surface area contributed by atoms with Crippen LogP contribution in [0.4, 0.5) is 4.39 Å². The van der Waals surface area contributed by atoms with Crippen LogP contribution < -0.4 is 11.2 Å². The number of nitrogens with zero attached hydrogens (tertiary/aromatic N) is 1. The Bertz CT molecular complexity index is 799. The molecule has 0 bridgehead atoms. The number of nitrogens with one attached hydrogen (secondary N) is 1. The van der Waals surface area contributed by atoms with Crippen LogP contribution in [0.1, 0.15) is 18.7 Å². The van der Waals surface area contributed by atoms with Gasteiger partial charge in [0.1, 0.15) is 6.10 Å². The molecule has 1 aliphatic heterocycles. The first-order valence-electron chi connectivity index (χ1n) is 7.19. The molecule has 1 saturated heterocycles. The average Bonchev–Trinajstić information content (AvgIpc) is 2.72. The van der Waals surface area contributed by atoms with Crippen LogP contribution in [-0.4, -0.2) is 32.5 Å². The first-order chi connectivity index (χ1) is 10.9. The summed E-state index contributed by atoms with van der Waals surface area (Å²) in [6, 6.07) is 11.2. The number of aliphatic hydroxyl groups is 1. The van der Waals surface area contributed by atoms with Gasteiger partial charge < -0.3 is 9.84 Å². The zero-order chi connectivity index (χ0) is 16.6. The van der Waals surface area contributed by atoms with Gasteiger partial charge in [-0.15, -0.1) is 0 Å². The van der Waals surface area contributed by atoms with Crippen LogP contribution in [0, 0.1) is 6.07 Å². The standard InChI is InChI=1S/C16H16FN2O4/c1-16(17)13(21)11(9-10-5-3-2-4-6-10)23-14(16)19-8-7-12(20)18-15(19)22/h2-5,7-8,11,13-14,21H,9H2,1H3,(H,18,20,22)/t11-,13-,14-,16-/m1/s1. The van der Waals surface area contributed by atoms with Crippen molar-refractivity contribution in [1.82, 2.24) is 9.55 Å². The van der Waals surface area contributed by atoms with Crippen LogP contribution in [0.3, 0.4) is 0 Å². The second-order valence-corrected chi connectivity index (χ2v) is 5.73. The molecule has 121 valence electrons. The highest BCUT2D eigenvalue weighted by Gasteiger charge is 2.55. The SMILES string of the molecule is C[C@@]1(F)[C@H](O)[C@@H](Cc2[c]cccc2)O[C@H]1n1ccc(=O)[nH]c1=O. The maximum atomic E-state index is 15.0. The van der Waals surface area contributed by atoms with Crippen LogP contribution in [-0.2, 0) is 11.2 Å². The minimum atomic E-state index is -2.18. The fourth-order valence-corrected chi connectivity index (χ4v) is 2.77. The van der Waals surface area contributed by atoms with Gasteiger partial charge in [-0.05, 0) is 18.6 Å². The Morgan fingerprint density at radius 2 is 2.22 bits per heavy atom. The number of H-pyrrole nitrogens is 1. The monoisotopic (exact) mass is 319 g/mol. The molecule has 1 aromatic heterocycles. The fraction of sp³-hybridized carbons (Fsp3) is 0.375. The third-order valence-corrected chi connectivity index (χ3v) is 4.02. The second-order valence-electron chi connectivity index (χ2n) is 5.73. The van der Waals surface area contributed by atoms with E-state index in [1.165, 1.54) is 6.92 Å². The molecule has 2 heterocycles. The summed E-state index contributed by atoms with van der Waals surface area (Å²) in [6.45, 7) is 1.18. The van der Waals surface area contributed by atoms with Gasteiger partial charge in [-0.1, -0.05) is 24.3 Å². The molecule has 0 saturated carbocycles. The molecule has 1 fully saturated rings. The van der Waals surface area contributed by atoms with Crippen LogP contribution in [0.15, 0.2) is 46.1 Å². The predicted octanol–water partition coefficient (Wildman–Crippen LogP) is 0.566. The lowest BCUT2D eigenvalue weighted by molar-refractivity contribution is -0.0503. The van der Waals surface area contributed by atoms with Crippen molar-refractivity contribution in [2.75, 3.05) is 0 Å². The third kappa shape index (κ3) is 2.85. The fourth-order valence-electron chi connectivity index (χ4n) is 2.77. The summed E-state index contributed by atoms with van der Waals surface area (Å²) in [4.78, 5) is 25.0. The smallest absolute Gasteiger partial charge is 0.330 e. The number of aromatic amines is 1. The van der Waals surface area contributed by atoms with E-state index in [-0.39, 0.29) is 6.42 Å². The third-order valence-electron chi connectivity index (χ3n) is 4.02. The van der Waals surface area contributed by atoms with Crippen LogP contribution >= 0.6 is 0 Å². The normalized spacial score (nSPS) is 30.5. The van der Waals surface area contributed by atoms with E-state index in [2.05, 4.69) is 11.1 Å². The van der Waals surface area contributed by atoms with Gasteiger partial charge in [-0.2, -0.15) is 0 Å². The number of hydrogen-bond donors (Lipinski definition) is 2. The molecule has 4 atom stereocenters. The molecule has 1 radical (unpaired) electrons. The van der Waals surface area contributed by atoms with Crippen molar-refractivity contribution < 1.29 is 14.2 Å². The molecule has 2 N–H and O–H groups in total. The summed E-state index contributed by atoms with van der Waals surface area (Å²) < 4.78 is 21.5. The van der Waals surface area contributed by atoms with Gasteiger partial charge in [-0.3, -0.25) is 14.3 Å². The molecular weight excluding hydrogens is 303 g/mol. The first-order valence-corrected chi connectivity index (χ1v) is 7.19. The molecule has 6 nitrogen and oxygen atoms in total. The molecule has 0 spiro atoms. The Kier molecular flexibility index (Phi) is 3.91. The lowest BCUT2D eigenvalue weighted by Gasteiger charge is -2.24. The van der Waals surface area contributed by atoms with Crippen LogP contribution in [0.2, 0.25) is 0 Å². The predicted molar refractivity (Wildman–Crippen MR) is 79.7 cm³/mol. The summed E-state index contributed by atoms with van der Waals surface area (Å²) in [6.07, 6.45) is -2.15. The van der Waals surface area contributed by atoms with E-state index in [0.717, 1.165) is 22.4 Å². The Hall–Kier alpha value is -2.25. The van der Waals surface area contributed by atoms with E-state index in [9.17, 15) is 19.1 Å². The number of ether oxygens (including phenoxy) is 1. The maximum Gasteiger partial charge on any atom is 0.330 e. The maximum absolute atomic E-state index is 15.0. The summed E-state index contributed by atoms with van der Waals surface area (Å²) in [5, 5.41) is 10.3. The number of aromatic nitrogens is 2. The van der Waals surface area contributed by atoms with E-state index in [0.29, 0.717) is 0 Å². The Morgan fingerprint density at radius 1 is 1.43 bits per heavy atom. The molecule has 2 aromatic rings. The first kappa shape index (κ1) is 15.6. The Morgan fingerprint density at radius 3 is 2.87 bits per heavy atom. The van der Waals surface area contributed by atoms with E-state index >= 15 is 0 Å². The Labute approximate surface area is 131 Å². The molecule has 1 aromatic carbocycles. The number of halogens is 1. The van der Waals surface area contributed by atoms with Crippen molar-refractivity contribution in [2.24, 2.45) is 0 Å². The highest BCUT2D eigenvalue weighted by molar-refractivity contribution is 5.16. The molecule has 7 heteroatoms. The summed E-state index contributed by atoms with van der Waals surface area (Å²) in [5.74, 6) is 0.